The molecule has 0 radical (unpaired) electrons. The van der Waals surface area contributed by atoms with E-state index in [1.807, 2.05) is 0 Å². The molecule has 2 fully saturated rings. The fourth-order valence-corrected chi connectivity index (χ4v) is 3.51. The third-order valence-corrected chi connectivity index (χ3v) is 4.45. The number of nitrogens with zero attached hydrogens (tertiary/aromatic N) is 1. The summed E-state index contributed by atoms with van der Waals surface area (Å²) >= 11 is 0. The highest BCUT2D eigenvalue weighted by Gasteiger charge is 2.44. The van der Waals surface area contributed by atoms with Gasteiger partial charge in [-0.2, -0.15) is 0 Å². The van der Waals surface area contributed by atoms with E-state index in [0.29, 0.717) is 17.9 Å². The molecule has 0 aromatic rings. The summed E-state index contributed by atoms with van der Waals surface area (Å²) in [6, 6.07) is 0.323. The molecule has 0 saturated carbocycles. The molecular weight excluding hydrogens is 252 g/mol. The lowest BCUT2D eigenvalue weighted by Gasteiger charge is -2.42. The summed E-state index contributed by atoms with van der Waals surface area (Å²) in [4.78, 5) is 14.8. The molecule has 2 aliphatic rings. The van der Waals surface area contributed by atoms with Crippen molar-refractivity contribution in [2.24, 2.45) is 5.92 Å². The van der Waals surface area contributed by atoms with Gasteiger partial charge in [-0.25, -0.2) is 0 Å². The van der Waals surface area contributed by atoms with Crippen molar-refractivity contribution in [1.29, 1.82) is 0 Å². The number of amides is 1. The Morgan fingerprint density at radius 1 is 1.45 bits per heavy atom. The molecule has 2 aliphatic heterocycles. The van der Waals surface area contributed by atoms with Crippen LogP contribution in [0.25, 0.3) is 0 Å². The maximum atomic E-state index is 12.7. The summed E-state index contributed by atoms with van der Waals surface area (Å²) in [6.45, 7) is 11.5. The van der Waals surface area contributed by atoms with Crippen molar-refractivity contribution in [3.63, 3.8) is 0 Å². The van der Waals surface area contributed by atoms with E-state index in [0.717, 1.165) is 32.3 Å². The van der Waals surface area contributed by atoms with Crippen molar-refractivity contribution in [2.75, 3.05) is 6.61 Å². The second-order valence-electron chi connectivity index (χ2n) is 7.27. The molecule has 3 unspecified atom stereocenters. The molecule has 0 aliphatic carbocycles. The van der Waals surface area contributed by atoms with Crippen LogP contribution in [0, 0.1) is 5.92 Å². The first-order chi connectivity index (χ1) is 9.34. The predicted molar refractivity (Wildman–Crippen MR) is 80.4 cm³/mol. The molecule has 20 heavy (non-hydrogen) atoms. The molecular formula is C16H30N2O2. The Balaban J connectivity index is 2.14. The quantitative estimate of drug-likeness (QED) is 0.861. The molecule has 3 atom stereocenters. The largest absolute Gasteiger partial charge is 0.375 e. The van der Waals surface area contributed by atoms with E-state index < -0.39 is 0 Å². The molecule has 0 bridgehead atoms. The zero-order valence-electron chi connectivity index (χ0n) is 13.6. The van der Waals surface area contributed by atoms with Gasteiger partial charge in [0, 0.05) is 12.6 Å². The monoisotopic (exact) mass is 282 g/mol. The Kier molecular flexibility index (Phi) is 4.75. The molecule has 2 saturated heterocycles. The van der Waals surface area contributed by atoms with Crippen LogP contribution in [0.1, 0.15) is 60.3 Å². The van der Waals surface area contributed by atoms with E-state index in [4.69, 9.17) is 4.74 Å². The maximum Gasteiger partial charge on any atom is 0.241 e. The van der Waals surface area contributed by atoms with Crippen LogP contribution >= 0.6 is 0 Å². The van der Waals surface area contributed by atoms with Gasteiger partial charge in [0.2, 0.25) is 5.91 Å². The van der Waals surface area contributed by atoms with Gasteiger partial charge in [-0.05, 0) is 45.4 Å². The Hall–Kier alpha value is -0.610. The molecule has 0 spiro atoms. The first-order valence-corrected chi connectivity index (χ1v) is 8.06. The fraction of sp³-hybridized carbons (Fsp3) is 0.938. The van der Waals surface area contributed by atoms with Crippen molar-refractivity contribution in [2.45, 2.75) is 84.2 Å². The van der Waals surface area contributed by atoms with Crippen LogP contribution in [0.4, 0.5) is 0 Å². The van der Waals surface area contributed by atoms with E-state index >= 15 is 0 Å². The van der Waals surface area contributed by atoms with Crippen LogP contribution < -0.4 is 5.32 Å². The maximum absolute atomic E-state index is 12.7. The minimum atomic E-state index is -0.115. The van der Waals surface area contributed by atoms with Crippen molar-refractivity contribution in [3.05, 3.63) is 0 Å². The molecule has 2 heterocycles. The highest BCUT2D eigenvalue weighted by molar-refractivity contribution is 5.84. The highest BCUT2D eigenvalue weighted by atomic mass is 16.5. The van der Waals surface area contributed by atoms with Gasteiger partial charge in [0.25, 0.3) is 0 Å². The van der Waals surface area contributed by atoms with E-state index in [1.54, 1.807) is 0 Å². The van der Waals surface area contributed by atoms with Crippen LogP contribution in [0.2, 0.25) is 0 Å². The van der Waals surface area contributed by atoms with Crippen molar-refractivity contribution in [1.82, 2.24) is 10.2 Å². The lowest BCUT2D eigenvalue weighted by Crippen LogP contribution is -2.51. The summed E-state index contributed by atoms with van der Waals surface area (Å²) in [6.07, 6.45) is 4.00. The number of rotatable bonds is 4. The molecule has 0 aromatic carbocycles. The molecule has 2 rings (SSSR count). The minimum Gasteiger partial charge on any atom is -0.375 e. The van der Waals surface area contributed by atoms with E-state index in [9.17, 15) is 4.79 Å². The van der Waals surface area contributed by atoms with Gasteiger partial charge < -0.3 is 9.64 Å². The normalized spacial score (nSPS) is 34.0. The Morgan fingerprint density at radius 2 is 2.15 bits per heavy atom. The fourth-order valence-electron chi connectivity index (χ4n) is 3.51. The summed E-state index contributed by atoms with van der Waals surface area (Å²) in [5, 5.41) is 3.53. The second kappa shape index (κ2) is 6.02. The smallest absolute Gasteiger partial charge is 0.241 e. The van der Waals surface area contributed by atoms with Crippen LogP contribution in [-0.2, 0) is 9.53 Å². The standard InChI is InChI=1S/C16H30N2O2/c1-6-13-15(19)18(14(17-13)9-11(2)3)12-7-8-20-16(4,5)10-12/h11-14,17H,6-10H2,1-5H3. The minimum absolute atomic E-state index is 0.00436. The molecule has 1 N–H and O–H groups in total. The number of carbonyl (C=O) groups is 1. The van der Waals surface area contributed by atoms with Gasteiger partial charge in [0.15, 0.2) is 0 Å². The molecule has 4 heteroatoms. The second-order valence-corrected chi connectivity index (χ2v) is 7.27. The molecule has 4 nitrogen and oxygen atoms in total. The third-order valence-electron chi connectivity index (χ3n) is 4.45. The number of nitrogens with one attached hydrogen (secondary N) is 1. The summed E-state index contributed by atoms with van der Waals surface area (Å²) in [5.74, 6) is 0.882. The zero-order valence-corrected chi connectivity index (χ0v) is 13.6. The van der Waals surface area contributed by atoms with Crippen molar-refractivity contribution < 1.29 is 9.53 Å². The van der Waals surface area contributed by atoms with Crippen LogP contribution in [-0.4, -0.2) is 41.3 Å². The summed E-state index contributed by atoms with van der Waals surface area (Å²) in [7, 11) is 0. The van der Waals surface area contributed by atoms with E-state index in [-0.39, 0.29) is 17.8 Å². The van der Waals surface area contributed by atoms with Gasteiger partial charge >= 0.3 is 0 Å². The SMILES string of the molecule is CCC1NC(CC(C)C)N(C2CCOC(C)(C)C2)C1=O. The first-order valence-electron chi connectivity index (χ1n) is 8.06. The summed E-state index contributed by atoms with van der Waals surface area (Å²) < 4.78 is 5.80. The number of hydrogen-bond donors (Lipinski definition) is 1. The van der Waals surface area contributed by atoms with Gasteiger partial charge in [-0.15, -0.1) is 0 Å². The van der Waals surface area contributed by atoms with Gasteiger partial charge in [-0.1, -0.05) is 20.8 Å². The van der Waals surface area contributed by atoms with Crippen LogP contribution in [0.15, 0.2) is 0 Å². The Bertz CT molecular complexity index is 354. The number of ether oxygens (including phenoxy) is 1. The van der Waals surface area contributed by atoms with Crippen LogP contribution in [0.5, 0.6) is 0 Å². The molecule has 1 amide bonds. The lowest BCUT2D eigenvalue weighted by atomic mass is 9.92. The topological polar surface area (TPSA) is 41.6 Å². The van der Waals surface area contributed by atoms with Crippen molar-refractivity contribution >= 4 is 5.91 Å². The van der Waals surface area contributed by atoms with Gasteiger partial charge in [-0.3, -0.25) is 10.1 Å². The number of carbonyl (C=O) groups excluding carboxylic acids is 1. The van der Waals surface area contributed by atoms with Gasteiger partial charge in [0.1, 0.15) is 0 Å². The highest BCUT2D eigenvalue weighted by Crippen LogP contribution is 2.32. The lowest BCUT2D eigenvalue weighted by molar-refractivity contribution is -0.139. The van der Waals surface area contributed by atoms with E-state index in [1.165, 1.54) is 0 Å². The van der Waals surface area contributed by atoms with Gasteiger partial charge in [0.05, 0.1) is 17.8 Å². The molecule has 116 valence electrons. The predicted octanol–water partition coefficient (Wildman–Crippen LogP) is 2.53. The van der Waals surface area contributed by atoms with E-state index in [2.05, 4.69) is 44.8 Å². The zero-order chi connectivity index (χ0) is 14.9. The Morgan fingerprint density at radius 3 is 2.70 bits per heavy atom. The average Bonchev–Trinajstić information content (AvgIpc) is 2.63. The first kappa shape index (κ1) is 15.8. The number of hydrogen-bond acceptors (Lipinski definition) is 3. The van der Waals surface area contributed by atoms with Crippen LogP contribution in [0.3, 0.4) is 0 Å². The van der Waals surface area contributed by atoms with Crippen molar-refractivity contribution in [3.8, 4) is 0 Å². The molecule has 0 aromatic heterocycles. The Labute approximate surface area is 123 Å². The third kappa shape index (κ3) is 3.34. The summed E-state index contributed by atoms with van der Waals surface area (Å²) in [5.41, 5.74) is -0.115. The average molecular weight is 282 g/mol.